The fourth-order valence-corrected chi connectivity index (χ4v) is 1.89. The normalized spacial score (nSPS) is 11.8. The van der Waals surface area contributed by atoms with E-state index >= 15 is 0 Å². The minimum absolute atomic E-state index is 1.23. The van der Waals surface area contributed by atoms with Crippen LogP contribution >= 0.6 is 0 Å². The Morgan fingerprint density at radius 2 is 1.69 bits per heavy atom. The lowest BCUT2D eigenvalue weighted by atomic mass is 10.0. The maximum Gasteiger partial charge on any atom is -0.0231 e. The molecule has 0 aromatic heterocycles. The van der Waals surface area contributed by atoms with Gasteiger partial charge in [-0.25, -0.2) is 0 Å². The molecule has 0 aliphatic carbocycles. The quantitative estimate of drug-likeness (QED) is 0.532. The summed E-state index contributed by atoms with van der Waals surface area (Å²) in [7, 11) is 0. The van der Waals surface area contributed by atoms with E-state index in [0.717, 1.165) is 0 Å². The van der Waals surface area contributed by atoms with Crippen LogP contribution < -0.4 is 0 Å². The second-order valence-electron chi connectivity index (χ2n) is 4.46. The Morgan fingerprint density at radius 3 is 2.38 bits per heavy atom. The third-order valence-electron chi connectivity index (χ3n) is 2.99. The smallest absolute Gasteiger partial charge is 0.0231 e. The van der Waals surface area contributed by atoms with Crippen LogP contribution in [0.25, 0.3) is 5.57 Å². The van der Waals surface area contributed by atoms with Gasteiger partial charge in [0.15, 0.2) is 0 Å². The van der Waals surface area contributed by atoms with Crippen molar-refractivity contribution in [3.05, 3.63) is 42.0 Å². The lowest BCUT2D eigenvalue weighted by molar-refractivity contribution is 0.637. The van der Waals surface area contributed by atoms with E-state index in [2.05, 4.69) is 50.3 Å². The molecule has 88 valence electrons. The summed E-state index contributed by atoms with van der Waals surface area (Å²) >= 11 is 0. The van der Waals surface area contributed by atoms with Crippen molar-refractivity contribution in [1.82, 2.24) is 0 Å². The summed E-state index contributed by atoms with van der Waals surface area (Å²) in [4.78, 5) is 0. The highest BCUT2D eigenvalue weighted by Crippen LogP contribution is 2.15. The van der Waals surface area contributed by atoms with Crippen molar-refractivity contribution in [1.29, 1.82) is 0 Å². The minimum atomic E-state index is 1.23. The molecule has 0 saturated carbocycles. The summed E-state index contributed by atoms with van der Waals surface area (Å²) in [5.74, 6) is 0. The van der Waals surface area contributed by atoms with Crippen molar-refractivity contribution in [2.45, 2.75) is 52.4 Å². The molecule has 0 radical (unpaired) electrons. The van der Waals surface area contributed by atoms with Gasteiger partial charge in [-0.05, 0) is 30.9 Å². The molecule has 0 atom stereocenters. The first kappa shape index (κ1) is 13.0. The Bertz CT molecular complexity index is 295. The van der Waals surface area contributed by atoms with Gasteiger partial charge in [0.25, 0.3) is 0 Å². The summed E-state index contributed by atoms with van der Waals surface area (Å²) in [5.41, 5.74) is 2.77. The third kappa shape index (κ3) is 5.16. The van der Waals surface area contributed by atoms with Crippen molar-refractivity contribution < 1.29 is 0 Å². The molecule has 0 amide bonds. The highest BCUT2D eigenvalue weighted by atomic mass is 14.0. The lowest BCUT2D eigenvalue weighted by Crippen LogP contribution is -1.80. The summed E-state index contributed by atoms with van der Waals surface area (Å²) in [6.07, 6.45) is 10.4. The maximum atomic E-state index is 2.38. The molecule has 0 spiro atoms. The molecule has 0 nitrogen and oxygen atoms in total. The zero-order valence-corrected chi connectivity index (χ0v) is 10.7. The van der Waals surface area contributed by atoms with Crippen LogP contribution in [0, 0.1) is 0 Å². The first-order valence-corrected chi connectivity index (χ1v) is 6.56. The number of hydrogen-bond donors (Lipinski definition) is 0. The number of allylic oxidation sites excluding steroid dienone is 2. The number of benzene rings is 1. The van der Waals surface area contributed by atoms with Gasteiger partial charge in [-0.1, -0.05) is 69.0 Å². The molecule has 1 aromatic carbocycles. The molecule has 1 rings (SSSR count). The van der Waals surface area contributed by atoms with Crippen molar-refractivity contribution in [3.8, 4) is 0 Å². The molecule has 0 aliphatic heterocycles. The molecule has 0 aliphatic rings. The predicted octanol–water partition coefficient (Wildman–Crippen LogP) is 5.45. The average molecular weight is 216 g/mol. The zero-order chi connectivity index (χ0) is 11.6. The molecule has 0 bridgehead atoms. The van der Waals surface area contributed by atoms with Crippen LogP contribution in [0.5, 0.6) is 0 Å². The van der Waals surface area contributed by atoms with E-state index < -0.39 is 0 Å². The van der Waals surface area contributed by atoms with E-state index in [1.54, 1.807) is 0 Å². The van der Waals surface area contributed by atoms with E-state index in [-0.39, 0.29) is 0 Å². The second kappa shape index (κ2) is 8.15. The van der Waals surface area contributed by atoms with Crippen molar-refractivity contribution in [2.24, 2.45) is 0 Å². The third-order valence-corrected chi connectivity index (χ3v) is 2.99. The Balaban J connectivity index is 2.24. The van der Waals surface area contributed by atoms with Crippen LogP contribution in [0.1, 0.15) is 57.9 Å². The first-order chi connectivity index (χ1) is 7.84. The highest BCUT2D eigenvalue weighted by Gasteiger charge is 1.93. The molecule has 0 N–H and O–H groups in total. The van der Waals surface area contributed by atoms with E-state index in [9.17, 15) is 0 Å². The Hall–Kier alpha value is -1.04. The molecular formula is C16H24. The maximum absolute atomic E-state index is 2.38. The lowest BCUT2D eigenvalue weighted by Gasteiger charge is -2.01. The minimum Gasteiger partial charge on any atom is -0.0810 e. The molecule has 0 unspecified atom stereocenters. The molecule has 0 heteroatoms. The largest absolute Gasteiger partial charge is 0.0810 e. The summed E-state index contributed by atoms with van der Waals surface area (Å²) < 4.78 is 0. The van der Waals surface area contributed by atoms with Gasteiger partial charge >= 0.3 is 0 Å². The van der Waals surface area contributed by atoms with Crippen LogP contribution in [-0.4, -0.2) is 0 Å². The highest BCUT2D eigenvalue weighted by molar-refractivity contribution is 5.63. The molecule has 0 heterocycles. The number of hydrogen-bond acceptors (Lipinski definition) is 0. The molecular weight excluding hydrogens is 192 g/mol. The van der Waals surface area contributed by atoms with Gasteiger partial charge in [-0.2, -0.15) is 0 Å². The summed E-state index contributed by atoms with van der Waals surface area (Å²) in [5, 5.41) is 0. The SMILES string of the molecule is CCCCCCC/C=C(/C)c1ccccc1. The van der Waals surface area contributed by atoms with Crippen LogP contribution in [0.15, 0.2) is 36.4 Å². The molecule has 16 heavy (non-hydrogen) atoms. The van der Waals surface area contributed by atoms with Gasteiger partial charge in [0.05, 0.1) is 0 Å². The van der Waals surface area contributed by atoms with E-state index in [0.29, 0.717) is 0 Å². The monoisotopic (exact) mass is 216 g/mol. The van der Waals surface area contributed by atoms with Gasteiger partial charge in [0.2, 0.25) is 0 Å². The van der Waals surface area contributed by atoms with Gasteiger partial charge < -0.3 is 0 Å². The van der Waals surface area contributed by atoms with Crippen LogP contribution in [0.4, 0.5) is 0 Å². The Labute approximate surface area is 100 Å². The Morgan fingerprint density at radius 1 is 1.00 bits per heavy atom. The molecule has 0 saturated heterocycles. The zero-order valence-electron chi connectivity index (χ0n) is 10.7. The molecule has 1 aromatic rings. The summed E-state index contributed by atoms with van der Waals surface area (Å²) in [6, 6.07) is 10.6. The van der Waals surface area contributed by atoms with Gasteiger partial charge in [0.1, 0.15) is 0 Å². The number of unbranched alkanes of at least 4 members (excludes halogenated alkanes) is 5. The van der Waals surface area contributed by atoms with Crippen molar-refractivity contribution in [2.75, 3.05) is 0 Å². The number of rotatable bonds is 7. The fourth-order valence-electron chi connectivity index (χ4n) is 1.89. The average Bonchev–Trinajstić information content (AvgIpc) is 2.34. The van der Waals surface area contributed by atoms with Crippen LogP contribution in [0.3, 0.4) is 0 Å². The fraction of sp³-hybridized carbons (Fsp3) is 0.500. The van der Waals surface area contributed by atoms with Crippen LogP contribution in [-0.2, 0) is 0 Å². The van der Waals surface area contributed by atoms with Crippen LogP contribution in [0.2, 0.25) is 0 Å². The van der Waals surface area contributed by atoms with Gasteiger partial charge in [-0.3, -0.25) is 0 Å². The molecule has 0 fully saturated rings. The topological polar surface area (TPSA) is 0 Å². The predicted molar refractivity (Wildman–Crippen MR) is 73.5 cm³/mol. The second-order valence-corrected chi connectivity index (χ2v) is 4.46. The van der Waals surface area contributed by atoms with Gasteiger partial charge in [0, 0.05) is 0 Å². The standard InChI is InChI=1S/C16H24/c1-3-4-5-6-7-9-12-15(2)16-13-10-8-11-14-16/h8,10-14H,3-7,9H2,1-2H3/b15-12-. The first-order valence-electron chi connectivity index (χ1n) is 6.56. The van der Waals surface area contributed by atoms with Gasteiger partial charge in [-0.15, -0.1) is 0 Å². The van der Waals surface area contributed by atoms with E-state index in [1.807, 2.05) is 0 Å². The van der Waals surface area contributed by atoms with E-state index in [1.165, 1.54) is 49.7 Å². The van der Waals surface area contributed by atoms with Crippen molar-refractivity contribution >= 4 is 5.57 Å². The van der Waals surface area contributed by atoms with E-state index in [4.69, 9.17) is 0 Å². The summed E-state index contributed by atoms with van der Waals surface area (Å²) in [6.45, 7) is 4.47. The Kier molecular flexibility index (Phi) is 6.64. The van der Waals surface area contributed by atoms with Crippen molar-refractivity contribution in [3.63, 3.8) is 0 Å².